The second-order valence-corrected chi connectivity index (χ2v) is 5.73. The van der Waals surface area contributed by atoms with E-state index in [4.69, 9.17) is 18.9 Å². The van der Waals surface area contributed by atoms with Crippen molar-refractivity contribution in [1.82, 2.24) is 5.32 Å². The maximum absolute atomic E-state index is 12.4. The maximum Gasteiger partial charge on any atom is 0.275 e. The van der Waals surface area contributed by atoms with Gasteiger partial charge in [-0.3, -0.25) is 9.59 Å². The number of hydrogen-bond donors (Lipinski definition) is 2. The van der Waals surface area contributed by atoms with Crippen LogP contribution in [0.4, 0.5) is 5.69 Å². The van der Waals surface area contributed by atoms with Crippen LogP contribution in [0.15, 0.2) is 36.4 Å². The number of fused-ring (bicyclic) bond motifs is 1. The molecule has 1 aliphatic rings. The Labute approximate surface area is 156 Å². The zero-order valence-electron chi connectivity index (χ0n) is 15.2. The SMILES string of the molecule is COc1cc(CNC(=O)[C@@H]2Oc3ccccc3NC2=O)cc(OC)c1OC. The summed E-state index contributed by atoms with van der Waals surface area (Å²) in [4.78, 5) is 24.6. The highest BCUT2D eigenvalue weighted by Gasteiger charge is 2.33. The lowest BCUT2D eigenvalue weighted by molar-refractivity contribution is -0.137. The van der Waals surface area contributed by atoms with Crippen LogP contribution in [-0.2, 0) is 16.1 Å². The van der Waals surface area contributed by atoms with E-state index in [1.165, 1.54) is 21.3 Å². The molecule has 0 fully saturated rings. The van der Waals surface area contributed by atoms with E-state index in [2.05, 4.69) is 10.6 Å². The van der Waals surface area contributed by atoms with Crippen molar-refractivity contribution < 1.29 is 28.5 Å². The van der Waals surface area contributed by atoms with Crippen molar-refractivity contribution in [2.75, 3.05) is 26.6 Å². The summed E-state index contributed by atoms with van der Waals surface area (Å²) in [6.45, 7) is 0.157. The summed E-state index contributed by atoms with van der Waals surface area (Å²) < 4.78 is 21.4. The number of methoxy groups -OCH3 is 3. The fraction of sp³-hybridized carbons (Fsp3) is 0.263. The first-order chi connectivity index (χ1) is 13.1. The molecule has 27 heavy (non-hydrogen) atoms. The van der Waals surface area contributed by atoms with Gasteiger partial charge < -0.3 is 29.6 Å². The molecule has 0 saturated heterocycles. The first kappa shape index (κ1) is 18.4. The van der Waals surface area contributed by atoms with E-state index in [9.17, 15) is 9.59 Å². The first-order valence-electron chi connectivity index (χ1n) is 8.20. The lowest BCUT2D eigenvalue weighted by atomic mass is 10.1. The van der Waals surface area contributed by atoms with Crippen LogP contribution >= 0.6 is 0 Å². The molecule has 0 bridgehead atoms. The molecule has 0 spiro atoms. The van der Waals surface area contributed by atoms with Gasteiger partial charge in [-0.15, -0.1) is 0 Å². The Morgan fingerprint density at radius 3 is 2.41 bits per heavy atom. The number of hydrogen-bond acceptors (Lipinski definition) is 6. The predicted octanol–water partition coefficient (Wildman–Crippen LogP) is 1.73. The number of carbonyl (C=O) groups is 2. The Morgan fingerprint density at radius 2 is 1.78 bits per heavy atom. The van der Waals surface area contributed by atoms with Crippen LogP contribution in [-0.4, -0.2) is 39.2 Å². The molecule has 1 aliphatic heterocycles. The summed E-state index contributed by atoms with van der Waals surface area (Å²) in [5.41, 5.74) is 1.26. The Hall–Kier alpha value is -3.42. The van der Waals surface area contributed by atoms with E-state index in [-0.39, 0.29) is 6.54 Å². The first-order valence-corrected chi connectivity index (χ1v) is 8.20. The van der Waals surface area contributed by atoms with Crippen LogP contribution in [0, 0.1) is 0 Å². The molecule has 8 heteroatoms. The van der Waals surface area contributed by atoms with Crippen LogP contribution in [0.25, 0.3) is 0 Å². The van der Waals surface area contributed by atoms with E-state index in [0.717, 1.165) is 5.56 Å². The minimum atomic E-state index is -1.26. The normalized spacial score (nSPS) is 15.1. The van der Waals surface area contributed by atoms with Gasteiger partial charge in [0.25, 0.3) is 17.9 Å². The van der Waals surface area contributed by atoms with Crippen molar-refractivity contribution >= 4 is 17.5 Å². The highest BCUT2D eigenvalue weighted by atomic mass is 16.5. The smallest absolute Gasteiger partial charge is 0.275 e. The Bertz CT molecular complexity index is 842. The van der Waals surface area contributed by atoms with E-state index in [0.29, 0.717) is 28.7 Å². The van der Waals surface area contributed by atoms with Crippen molar-refractivity contribution in [3.8, 4) is 23.0 Å². The van der Waals surface area contributed by atoms with E-state index in [1.54, 1.807) is 36.4 Å². The topological polar surface area (TPSA) is 95.1 Å². The van der Waals surface area contributed by atoms with Crippen molar-refractivity contribution in [3.63, 3.8) is 0 Å². The van der Waals surface area contributed by atoms with Gasteiger partial charge >= 0.3 is 0 Å². The standard InChI is InChI=1S/C19H20N2O6/c1-24-14-8-11(9-15(25-2)16(14)26-3)10-20-18(22)17-19(23)21-12-6-4-5-7-13(12)27-17/h4-9,17H,10H2,1-3H3,(H,20,22)(H,21,23)/t17-/m0/s1. The molecule has 8 nitrogen and oxygen atoms in total. The fourth-order valence-electron chi connectivity index (χ4n) is 2.74. The highest BCUT2D eigenvalue weighted by Crippen LogP contribution is 2.38. The Kier molecular flexibility index (Phi) is 5.35. The quantitative estimate of drug-likeness (QED) is 0.750. The summed E-state index contributed by atoms with van der Waals surface area (Å²) in [7, 11) is 4.54. The number of benzene rings is 2. The molecular formula is C19H20N2O6. The van der Waals surface area contributed by atoms with Crippen molar-refractivity contribution in [2.24, 2.45) is 0 Å². The zero-order chi connectivity index (χ0) is 19.4. The summed E-state index contributed by atoms with van der Waals surface area (Å²) in [6, 6.07) is 10.4. The average Bonchev–Trinajstić information content (AvgIpc) is 2.70. The van der Waals surface area contributed by atoms with Crippen LogP contribution in [0.3, 0.4) is 0 Å². The van der Waals surface area contributed by atoms with E-state index >= 15 is 0 Å². The number of anilines is 1. The lowest BCUT2D eigenvalue weighted by Crippen LogP contribution is -2.48. The van der Waals surface area contributed by atoms with Crippen LogP contribution < -0.4 is 29.6 Å². The monoisotopic (exact) mass is 372 g/mol. The van der Waals surface area contributed by atoms with Crippen LogP contribution in [0.5, 0.6) is 23.0 Å². The summed E-state index contributed by atoms with van der Waals surface area (Å²) >= 11 is 0. The molecule has 2 aromatic rings. The van der Waals surface area contributed by atoms with Gasteiger partial charge in [-0.1, -0.05) is 12.1 Å². The third-order valence-corrected chi connectivity index (χ3v) is 4.06. The summed E-state index contributed by atoms with van der Waals surface area (Å²) in [5.74, 6) is 0.793. The molecule has 1 heterocycles. The number of amides is 2. The third-order valence-electron chi connectivity index (χ3n) is 4.06. The van der Waals surface area contributed by atoms with E-state index in [1.807, 2.05) is 0 Å². The second kappa shape index (κ2) is 7.86. The zero-order valence-corrected chi connectivity index (χ0v) is 15.2. The van der Waals surface area contributed by atoms with Crippen molar-refractivity contribution in [2.45, 2.75) is 12.6 Å². The fourth-order valence-corrected chi connectivity index (χ4v) is 2.74. The molecule has 2 amide bonds. The molecule has 0 radical (unpaired) electrons. The van der Waals surface area contributed by atoms with Crippen LogP contribution in [0.1, 0.15) is 5.56 Å². The number of ether oxygens (including phenoxy) is 4. The molecule has 142 valence electrons. The molecule has 2 N–H and O–H groups in total. The van der Waals surface area contributed by atoms with Crippen LogP contribution in [0.2, 0.25) is 0 Å². The summed E-state index contributed by atoms with van der Waals surface area (Å²) in [5, 5.41) is 5.35. The predicted molar refractivity (Wildman–Crippen MR) is 97.4 cm³/mol. The number of rotatable bonds is 6. The average molecular weight is 372 g/mol. The molecule has 0 aliphatic carbocycles. The molecule has 1 atom stereocenters. The van der Waals surface area contributed by atoms with Gasteiger partial charge in [-0.2, -0.15) is 0 Å². The Morgan fingerprint density at radius 1 is 1.11 bits per heavy atom. The molecular weight excluding hydrogens is 352 g/mol. The van der Waals surface area contributed by atoms with Gasteiger partial charge in [0.2, 0.25) is 5.75 Å². The maximum atomic E-state index is 12.4. The number of nitrogens with one attached hydrogen (secondary N) is 2. The number of para-hydroxylation sites is 2. The van der Waals surface area contributed by atoms with Gasteiger partial charge in [-0.05, 0) is 29.8 Å². The van der Waals surface area contributed by atoms with Gasteiger partial charge in [0, 0.05) is 6.54 Å². The minimum Gasteiger partial charge on any atom is -0.493 e. The van der Waals surface area contributed by atoms with Gasteiger partial charge in [-0.25, -0.2) is 0 Å². The van der Waals surface area contributed by atoms with Gasteiger partial charge in [0.05, 0.1) is 27.0 Å². The highest BCUT2D eigenvalue weighted by molar-refractivity contribution is 6.11. The third kappa shape index (κ3) is 3.74. The van der Waals surface area contributed by atoms with E-state index < -0.39 is 17.9 Å². The molecule has 0 unspecified atom stereocenters. The van der Waals surface area contributed by atoms with Gasteiger partial charge in [0.1, 0.15) is 5.75 Å². The van der Waals surface area contributed by atoms with Gasteiger partial charge in [0.15, 0.2) is 11.5 Å². The van der Waals surface area contributed by atoms with Crippen molar-refractivity contribution in [3.05, 3.63) is 42.0 Å². The lowest BCUT2D eigenvalue weighted by Gasteiger charge is -2.25. The molecule has 0 aromatic heterocycles. The number of carbonyl (C=O) groups excluding carboxylic acids is 2. The molecule has 3 rings (SSSR count). The molecule has 0 saturated carbocycles. The van der Waals surface area contributed by atoms with Crippen molar-refractivity contribution in [1.29, 1.82) is 0 Å². The minimum absolute atomic E-state index is 0.157. The molecule has 2 aromatic carbocycles. The largest absolute Gasteiger partial charge is 0.493 e. The second-order valence-electron chi connectivity index (χ2n) is 5.73. The Balaban J connectivity index is 1.72. The summed E-state index contributed by atoms with van der Waals surface area (Å²) in [6.07, 6.45) is -1.26.